The third-order valence-corrected chi connectivity index (χ3v) is 12.3. The van der Waals surface area contributed by atoms with Gasteiger partial charge in [0.05, 0.1) is 16.8 Å². The van der Waals surface area contributed by atoms with Gasteiger partial charge in [0.15, 0.2) is 5.82 Å². The summed E-state index contributed by atoms with van der Waals surface area (Å²) in [5.74, 6) is 0.709. The lowest BCUT2D eigenvalue weighted by atomic mass is 9.69. The third-order valence-electron chi connectivity index (χ3n) is 12.3. The molecule has 9 aromatic carbocycles. The van der Waals surface area contributed by atoms with Crippen LogP contribution in [0.2, 0.25) is 0 Å². The topological polar surface area (TPSA) is 25.8 Å². The number of fused-ring (bicyclic) bond motifs is 13. The number of hydrogen-bond acceptors (Lipinski definition) is 2. The first kappa shape index (κ1) is 31.9. The Morgan fingerprint density at radius 1 is 0.298 bits per heavy atom. The molecule has 1 spiro atoms. The second kappa shape index (κ2) is 12.3. The monoisotopic (exact) mass is 722 g/mol. The van der Waals surface area contributed by atoms with Gasteiger partial charge in [0.2, 0.25) is 0 Å². The molecule has 57 heavy (non-hydrogen) atoms. The molecule has 2 aliphatic carbocycles. The number of nitrogens with zero attached hydrogens (tertiary/aromatic N) is 2. The SMILES string of the molecule is c1ccc(-c2cccc(-c3cc(-c4ccc5c(c4)-c4ccccc4C54c5ccccc5-c5ccc6ccccc6c54)nc(-c4ccc5ccccc5c4)n3)c2)cc1. The smallest absolute Gasteiger partial charge is 0.160 e. The van der Waals surface area contributed by atoms with Crippen LogP contribution in [-0.4, -0.2) is 9.97 Å². The number of aromatic nitrogens is 2. The molecular formula is C55H34N2. The van der Waals surface area contributed by atoms with Crippen LogP contribution in [0.4, 0.5) is 0 Å². The molecule has 12 rings (SSSR count). The highest BCUT2D eigenvalue weighted by Crippen LogP contribution is 2.64. The summed E-state index contributed by atoms with van der Waals surface area (Å²) in [6.07, 6.45) is 0. The van der Waals surface area contributed by atoms with E-state index in [2.05, 4.69) is 206 Å². The molecule has 1 aromatic heterocycles. The Hall–Kier alpha value is -7.42. The van der Waals surface area contributed by atoms with Crippen molar-refractivity contribution in [3.8, 4) is 67.3 Å². The van der Waals surface area contributed by atoms with Crippen molar-refractivity contribution in [1.82, 2.24) is 9.97 Å². The van der Waals surface area contributed by atoms with Gasteiger partial charge in [-0.25, -0.2) is 9.97 Å². The summed E-state index contributed by atoms with van der Waals surface area (Å²) in [5.41, 5.74) is 17.3. The van der Waals surface area contributed by atoms with Crippen LogP contribution < -0.4 is 0 Å². The highest BCUT2D eigenvalue weighted by Gasteiger charge is 2.52. The van der Waals surface area contributed by atoms with Gasteiger partial charge in [-0.15, -0.1) is 0 Å². The minimum Gasteiger partial charge on any atom is -0.228 e. The van der Waals surface area contributed by atoms with E-state index in [1.807, 2.05) is 0 Å². The van der Waals surface area contributed by atoms with Crippen LogP contribution in [0.5, 0.6) is 0 Å². The van der Waals surface area contributed by atoms with Gasteiger partial charge < -0.3 is 0 Å². The molecular weight excluding hydrogens is 689 g/mol. The maximum atomic E-state index is 5.36. The van der Waals surface area contributed by atoms with Crippen LogP contribution in [0.3, 0.4) is 0 Å². The van der Waals surface area contributed by atoms with Gasteiger partial charge in [0, 0.05) is 16.7 Å². The predicted molar refractivity (Wildman–Crippen MR) is 235 cm³/mol. The number of hydrogen-bond donors (Lipinski definition) is 0. The summed E-state index contributed by atoms with van der Waals surface area (Å²) in [4.78, 5) is 10.6. The molecule has 0 saturated heterocycles. The summed E-state index contributed by atoms with van der Waals surface area (Å²) < 4.78 is 0. The average Bonchev–Trinajstić information content (AvgIpc) is 3.76. The lowest BCUT2D eigenvalue weighted by molar-refractivity contribution is 0.801. The van der Waals surface area contributed by atoms with Gasteiger partial charge in [-0.1, -0.05) is 182 Å². The lowest BCUT2D eigenvalue weighted by Gasteiger charge is -2.31. The summed E-state index contributed by atoms with van der Waals surface area (Å²) >= 11 is 0. The number of rotatable bonds is 4. The Labute approximate surface area is 331 Å². The van der Waals surface area contributed by atoms with Gasteiger partial charge in [0.1, 0.15) is 0 Å². The normalized spacial score (nSPS) is 14.7. The van der Waals surface area contributed by atoms with E-state index in [0.29, 0.717) is 5.82 Å². The maximum absolute atomic E-state index is 5.36. The van der Waals surface area contributed by atoms with Gasteiger partial charge in [0.25, 0.3) is 0 Å². The average molecular weight is 723 g/mol. The zero-order chi connectivity index (χ0) is 37.5. The first-order valence-corrected chi connectivity index (χ1v) is 19.6. The van der Waals surface area contributed by atoms with Crippen molar-refractivity contribution in [1.29, 1.82) is 0 Å². The molecule has 264 valence electrons. The van der Waals surface area contributed by atoms with E-state index < -0.39 is 5.41 Å². The van der Waals surface area contributed by atoms with E-state index in [0.717, 1.165) is 33.6 Å². The van der Waals surface area contributed by atoms with Crippen LogP contribution in [0.25, 0.3) is 88.8 Å². The van der Waals surface area contributed by atoms with Crippen molar-refractivity contribution < 1.29 is 0 Å². The Kier molecular flexibility index (Phi) is 6.88. The largest absolute Gasteiger partial charge is 0.228 e. The van der Waals surface area contributed by atoms with Crippen molar-refractivity contribution in [3.63, 3.8) is 0 Å². The van der Waals surface area contributed by atoms with Crippen molar-refractivity contribution >= 4 is 21.5 Å². The molecule has 0 aliphatic heterocycles. The van der Waals surface area contributed by atoms with Crippen molar-refractivity contribution in [2.45, 2.75) is 5.41 Å². The molecule has 10 aromatic rings. The van der Waals surface area contributed by atoms with E-state index >= 15 is 0 Å². The second-order valence-electron chi connectivity index (χ2n) is 15.3. The van der Waals surface area contributed by atoms with Crippen molar-refractivity contribution in [2.24, 2.45) is 0 Å². The predicted octanol–water partition coefficient (Wildman–Crippen LogP) is 13.8. The lowest BCUT2D eigenvalue weighted by Crippen LogP contribution is -2.26. The van der Waals surface area contributed by atoms with Crippen molar-refractivity contribution in [3.05, 3.63) is 229 Å². The molecule has 2 aliphatic rings. The van der Waals surface area contributed by atoms with Gasteiger partial charge in [-0.2, -0.15) is 0 Å². The van der Waals surface area contributed by atoms with Crippen LogP contribution in [0.1, 0.15) is 22.3 Å². The molecule has 2 heteroatoms. The minimum absolute atomic E-state index is 0.442. The molecule has 0 fully saturated rings. The van der Waals surface area contributed by atoms with E-state index in [-0.39, 0.29) is 0 Å². The zero-order valence-corrected chi connectivity index (χ0v) is 31.0. The van der Waals surface area contributed by atoms with Crippen LogP contribution in [-0.2, 0) is 5.41 Å². The first-order valence-electron chi connectivity index (χ1n) is 19.6. The fraction of sp³-hybridized carbons (Fsp3) is 0.0182. The van der Waals surface area contributed by atoms with E-state index in [1.165, 1.54) is 71.6 Å². The highest BCUT2D eigenvalue weighted by molar-refractivity contribution is 6.04. The molecule has 1 heterocycles. The molecule has 2 nitrogen and oxygen atoms in total. The zero-order valence-electron chi connectivity index (χ0n) is 31.0. The Balaban J connectivity index is 1.09. The van der Waals surface area contributed by atoms with Crippen molar-refractivity contribution in [2.75, 3.05) is 0 Å². The third kappa shape index (κ3) is 4.71. The molecule has 1 atom stereocenters. The Bertz CT molecular complexity index is 3250. The Morgan fingerprint density at radius 2 is 0.877 bits per heavy atom. The summed E-state index contributed by atoms with van der Waals surface area (Å²) in [6, 6.07) is 75.0. The minimum atomic E-state index is -0.442. The van der Waals surface area contributed by atoms with E-state index in [9.17, 15) is 0 Å². The maximum Gasteiger partial charge on any atom is 0.160 e. The summed E-state index contributed by atoms with van der Waals surface area (Å²) in [5, 5.41) is 4.93. The van der Waals surface area contributed by atoms with E-state index in [1.54, 1.807) is 0 Å². The molecule has 0 radical (unpaired) electrons. The fourth-order valence-corrected chi connectivity index (χ4v) is 9.77. The Morgan fingerprint density at radius 3 is 1.68 bits per heavy atom. The van der Waals surface area contributed by atoms with Crippen LogP contribution in [0, 0.1) is 0 Å². The first-order chi connectivity index (χ1) is 28.2. The summed E-state index contributed by atoms with van der Waals surface area (Å²) in [6.45, 7) is 0. The van der Waals surface area contributed by atoms with Crippen LogP contribution in [0.15, 0.2) is 206 Å². The fourth-order valence-electron chi connectivity index (χ4n) is 9.77. The molecule has 0 bridgehead atoms. The molecule has 0 saturated carbocycles. The van der Waals surface area contributed by atoms with Gasteiger partial charge >= 0.3 is 0 Å². The van der Waals surface area contributed by atoms with Gasteiger partial charge in [-0.05, 0) is 101 Å². The quantitative estimate of drug-likeness (QED) is 0.181. The molecule has 0 N–H and O–H groups in total. The summed E-state index contributed by atoms with van der Waals surface area (Å²) in [7, 11) is 0. The molecule has 0 amide bonds. The van der Waals surface area contributed by atoms with E-state index in [4.69, 9.17) is 9.97 Å². The number of benzene rings is 9. The van der Waals surface area contributed by atoms with Crippen LogP contribution >= 0.6 is 0 Å². The standard InChI is InChI=1S/C55H34N2/c1-2-13-35(14-3-1)39-18-12-19-40(31-39)51-34-52(57-54(56-51)42-26-25-36-15-4-5-17-38(36)32-42)41-28-30-50-47(33-41)45-22-9-11-24-49(45)55(50)48-23-10-8-21-44(48)46-29-27-37-16-6-7-20-43(37)53(46)55/h1-34H. The van der Waals surface area contributed by atoms with Gasteiger partial charge in [-0.3, -0.25) is 0 Å². The highest BCUT2D eigenvalue weighted by atomic mass is 14.9. The molecule has 1 unspecified atom stereocenters. The second-order valence-corrected chi connectivity index (χ2v) is 15.3.